The molecule has 0 aliphatic carbocycles. The molecule has 0 saturated heterocycles. The van der Waals surface area contributed by atoms with Crippen molar-refractivity contribution in [3.05, 3.63) is 54.1 Å². The molecule has 2 aromatic carbocycles. The molecular formula is C20H19N3O5S2. The number of nitrogens with zero attached hydrogens (tertiary/aromatic N) is 2. The molecule has 0 bridgehead atoms. The van der Waals surface area contributed by atoms with Crippen molar-refractivity contribution >= 4 is 45.2 Å². The number of esters is 1. The van der Waals surface area contributed by atoms with E-state index >= 15 is 0 Å². The van der Waals surface area contributed by atoms with Gasteiger partial charge in [0.2, 0.25) is 0 Å². The molecule has 1 N–H and O–H groups in total. The summed E-state index contributed by atoms with van der Waals surface area (Å²) in [7, 11) is -3.61. The maximum Gasteiger partial charge on any atom is 0.308 e. The number of sulfonamides is 1. The Morgan fingerprint density at radius 3 is 2.77 bits per heavy atom. The smallest absolute Gasteiger partial charge is 0.308 e. The Labute approximate surface area is 178 Å². The van der Waals surface area contributed by atoms with E-state index in [9.17, 15) is 18.0 Å². The molecule has 2 heterocycles. The lowest BCUT2D eigenvalue weighted by molar-refractivity contribution is -0.147. The minimum absolute atomic E-state index is 0.0440. The fourth-order valence-electron chi connectivity index (χ4n) is 3.23. The van der Waals surface area contributed by atoms with E-state index in [1.54, 1.807) is 34.9 Å². The second-order valence-electron chi connectivity index (χ2n) is 6.60. The number of para-hydroxylation sites is 1. The first-order valence-corrected chi connectivity index (χ1v) is 11.8. The van der Waals surface area contributed by atoms with Crippen LogP contribution < -0.4 is 9.62 Å². The molecule has 2 aliphatic rings. The van der Waals surface area contributed by atoms with Crippen LogP contribution in [0, 0.1) is 0 Å². The van der Waals surface area contributed by atoms with Gasteiger partial charge in [-0.25, -0.2) is 8.42 Å². The first-order valence-electron chi connectivity index (χ1n) is 9.30. The van der Waals surface area contributed by atoms with Crippen molar-refractivity contribution in [2.45, 2.75) is 16.2 Å². The van der Waals surface area contributed by atoms with Crippen molar-refractivity contribution in [2.75, 3.05) is 30.3 Å². The fourth-order valence-corrected chi connectivity index (χ4v) is 5.48. The molecule has 0 saturated carbocycles. The molecule has 0 atom stereocenters. The second-order valence-corrected chi connectivity index (χ2v) is 9.39. The van der Waals surface area contributed by atoms with E-state index in [1.807, 2.05) is 24.3 Å². The number of anilines is 1. The molecule has 1 amide bonds. The first kappa shape index (κ1) is 20.4. The number of carbonyl (C=O) groups is 2. The largest absolute Gasteiger partial charge is 0.455 e. The van der Waals surface area contributed by atoms with Crippen LogP contribution in [0.3, 0.4) is 0 Å². The molecular weight excluding hydrogens is 426 g/mol. The highest BCUT2D eigenvalue weighted by Crippen LogP contribution is 2.34. The van der Waals surface area contributed by atoms with Gasteiger partial charge in [0.15, 0.2) is 6.61 Å². The van der Waals surface area contributed by atoms with Crippen LogP contribution in [0.5, 0.6) is 0 Å². The van der Waals surface area contributed by atoms with Crippen LogP contribution in [0.15, 0.2) is 63.3 Å². The van der Waals surface area contributed by atoms with E-state index in [0.717, 1.165) is 16.3 Å². The van der Waals surface area contributed by atoms with E-state index in [1.165, 1.54) is 6.07 Å². The normalized spacial score (nSPS) is 17.7. The van der Waals surface area contributed by atoms with Crippen LogP contribution in [0.2, 0.25) is 0 Å². The third-order valence-electron chi connectivity index (χ3n) is 4.63. The molecule has 8 nitrogen and oxygen atoms in total. The summed E-state index contributed by atoms with van der Waals surface area (Å²) in [4.78, 5) is 31.5. The van der Waals surface area contributed by atoms with Gasteiger partial charge in [0, 0.05) is 22.8 Å². The van der Waals surface area contributed by atoms with Crippen LogP contribution in [-0.2, 0) is 24.3 Å². The van der Waals surface area contributed by atoms with Gasteiger partial charge in [-0.2, -0.15) is 0 Å². The number of benzene rings is 2. The number of thioether (sulfide) groups is 1. The summed E-state index contributed by atoms with van der Waals surface area (Å²) < 4.78 is 31.6. The quantitative estimate of drug-likeness (QED) is 0.704. The molecule has 4 rings (SSSR count). The highest BCUT2D eigenvalue weighted by Gasteiger charge is 2.30. The molecule has 30 heavy (non-hydrogen) atoms. The molecule has 2 aliphatic heterocycles. The van der Waals surface area contributed by atoms with Gasteiger partial charge in [-0.1, -0.05) is 24.3 Å². The van der Waals surface area contributed by atoms with Gasteiger partial charge < -0.3 is 9.64 Å². The van der Waals surface area contributed by atoms with Crippen molar-refractivity contribution < 1.29 is 22.7 Å². The van der Waals surface area contributed by atoms with Gasteiger partial charge in [-0.05, 0) is 24.3 Å². The van der Waals surface area contributed by atoms with E-state index in [-0.39, 0.29) is 36.2 Å². The lowest BCUT2D eigenvalue weighted by Crippen LogP contribution is -2.38. The Balaban J connectivity index is 1.30. The summed E-state index contributed by atoms with van der Waals surface area (Å²) in [5.41, 5.74) is 1.30. The highest BCUT2D eigenvalue weighted by atomic mass is 32.2. The third-order valence-corrected chi connectivity index (χ3v) is 7.07. The molecule has 0 radical (unpaired) electrons. The number of amidine groups is 1. The van der Waals surface area contributed by atoms with Gasteiger partial charge in [0.25, 0.3) is 15.9 Å². The van der Waals surface area contributed by atoms with Crippen LogP contribution >= 0.6 is 11.8 Å². The molecule has 0 spiro atoms. The maximum absolute atomic E-state index is 12.5. The number of amides is 1. The molecule has 10 heteroatoms. The zero-order valence-electron chi connectivity index (χ0n) is 15.9. The van der Waals surface area contributed by atoms with Crippen LogP contribution in [-0.4, -0.2) is 51.6 Å². The Kier molecular flexibility index (Phi) is 5.78. The summed E-state index contributed by atoms with van der Waals surface area (Å²) in [6.07, 6.45) is -0.0624. The number of fused-ring (bicyclic) bond motifs is 2. The maximum atomic E-state index is 12.5. The number of aliphatic imine (C=N–C) groups is 1. The van der Waals surface area contributed by atoms with E-state index in [0.29, 0.717) is 12.1 Å². The number of hydrogen-bond acceptors (Lipinski definition) is 7. The van der Waals surface area contributed by atoms with Crippen molar-refractivity contribution in [3.63, 3.8) is 0 Å². The lowest BCUT2D eigenvalue weighted by Gasteiger charge is -2.28. The Bertz CT molecular complexity index is 1130. The number of hydrogen-bond donors (Lipinski definition) is 1. The molecule has 0 aromatic heterocycles. The van der Waals surface area contributed by atoms with Crippen molar-refractivity contribution in [1.29, 1.82) is 0 Å². The zero-order chi connectivity index (χ0) is 21.1. The second kappa shape index (κ2) is 8.49. The molecule has 2 aromatic rings. The Hall–Kier alpha value is -2.85. The summed E-state index contributed by atoms with van der Waals surface area (Å²) in [5, 5.41) is 0. The Morgan fingerprint density at radius 2 is 1.90 bits per heavy atom. The monoisotopic (exact) mass is 445 g/mol. The fraction of sp³-hybridized carbons (Fsp3) is 0.250. The minimum Gasteiger partial charge on any atom is -0.455 e. The molecule has 0 unspecified atom stereocenters. The molecule has 156 valence electrons. The van der Waals surface area contributed by atoms with Crippen molar-refractivity contribution in [1.82, 2.24) is 4.72 Å². The predicted molar refractivity (Wildman–Crippen MR) is 113 cm³/mol. The van der Waals surface area contributed by atoms with Gasteiger partial charge in [-0.15, -0.1) is 11.8 Å². The minimum atomic E-state index is -3.61. The van der Waals surface area contributed by atoms with E-state index in [4.69, 9.17) is 4.74 Å². The summed E-state index contributed by atoms with van der Waals surface area (Å²) in [6, 6.07) is 14.1. The van der Waals surface area contributed by atoms with Gasteiger partial charge in [-0.3, -0.25) is 19.3 Å². The zero-order valence-corrected chi connectivity index (χ0v) is 17.5. The number of rotatable bonds is 5. The topological polar surface area (TPSA) is 105 Å². The number of ether oxygens (including phenoxy) is 1. The van der Waals surface area contributed by atoms with Gasteiger partial charge in [0.1, 0.15) is 5.84 Å². The van der Waals surface area contributed by atoms with Crippen LogP contribution in [0.25, 0.3) is 0 Å². The SMILES string of the molecule is O=C(CCN=C1NS(=O)(=O)c2ccccc21)OCC(=O)N1CCSc2ccccc21. The first-order chi connectivity index (χ1) is 14.5. The van der Waals surface area contributed by atoms with Gasteiger partial charge in [0.05, 0.1) is 23.5 Å². The highest BCUT2D eigenvalue weighted by molar-refractivity contribution is 7.99. The summed E-state index contributed by atoms with van der Waals surface area (Å²) in [5.74, 6) is 0.143. The number of nitrogens with one attached hydrogen (secondary N) is 1. The van der Waals surface area contributed by atoms with Gasteiger partial charge >= 0.3 is 5.97 Å². The number of carbonyl (C=O) groups excluding carboxylic acids is 2. The Morgan fingerprint density at radius 1 is 1.13 bits per heavy atom. The standard InChI is InChI=1S/C20H19N3O5S2/c24-18(23-11-12-29-16-7-3-2-6-15(16)23)13-28-19(25)9-10-21-20-14-5-1-4-8-17(14)30(26,27)22-20/h1-8H,9-13H2,(H,21,22). The average molecular weight is 446 g/mol. The predicted octanol–water partition coefficient (Wildman–Crippen LogP) is 1.80. The third kappa shape index (κ3) is 4.19. The van der Waals surface area contributed by atoms with Crippen molar-refractivity contribution in [3.8, 4) is 0 Å². The summed E-state index contributed by atoms with van der Waals surface area (Å²) >= 11 is 1.69. The van der Waals surface area contributed by atoms with E-state index in [2.05, 4.69) is 9.71 Å². The summed E-state index contributed by atoms with van der Waals surface area (Å²) in [6.45, 7) is 0.261. The van der Waals surface area contributed by atoms with Crippen LogP contribution in [0.4, 0.5) is 5.69 Å². The van der Waals surface area contributed by atoms with Crippen LogP contribution in [0.1, 0.15) is 12.0 Å². The molecule has 0 fully saturated rings. The van der Waals surface area contributed by atoms with E-state index < -0.39 is 16.0 Å². The average Bonchev–Trinajstić information content (AvgIpc) is 3.02. The van der Waals surface area contributed by atoms with Crippen molar-refractivity contribution in [2.24, 2.45) is 4.99 Å². The lowest BCUT2D eigenvalue weighted by atomic mass is 10.2.